The summed E-state index contributed by atoms with van der Waals surface area (Å²) >= 11 is 1.88. The van der Waals surface area contributed by atoms with Crippen LogP contribution >= 0.6 is 11.8 Å². The van der Waals surface area contributed by atoms with Crippen molar-refractivity contribution < 1.29 is 8.42 Å². The van der Waals surface area contributed by atoms with Crippen molar-refractivity contribution >= 4 is 21.8 Å². The number of sulfonamides is 1. The second-order valence-corrected chi connectivity index (χ2v) is 9.04. The molecule has 0 amide bonds. The summed E-state index contributed by atoms with van der Waals surface area (Å²) in [4.78, 5) is 0. The Balaban J connectivity index is 1.98. The summed E-state index contributed by atoms with van der Waals surface area (Å²) in [5.41, 5.74) is 0. The molecule has 2 fully saturated rings. The van der Waals surface area contributed by atoms with E-state index in [4.69, 9.17) is 0 Å². The topological polar surface area (TPSA) is 49.4 Å². The Morgan fingerprint density at radius 3 is 2.47 bits per heavy atom. The standard InChI is InChI=1S/C11H22N2O2S2/c1-9-6-13(7-10(2)16-9)17(14,15)8-11-4-3-5-12-11/h9-12H,3-8H2,1-2H3. The fourth-order valence-electron chi connectivity index (χ4n) is 2.62. The SMILES string of the molecule is CC1CN(S(=O)(=O)CC2CCCN2)CC(C)S1. The Morgan fingerprint density at radius 1 is 1.29 bits per heavy atom. The lowest BCUT2D eigenvalue weighted by Gasteiger charge is -2.34. The number of rotatable bonds is 3. The first-order valence-corrected chi connectivity index (χ1v) is 8.89. The van der Waals surface area contributed by atoms with Gasteiger partial charge < -0.3 is 5.32 Å². The quantitative estimate of drug-likeness (QED) is 0.833. The molecule has 0 spiro atoms. The fraction of sp³-hybridized carbons (Fsp3) is 1.00. The van der Waals surface area contributed by atoms with Crippen LogP contribution in [-0.2, 0) is 10.0 Å². The smallest absolute Gasteiger partial charge is 0.215 e. The van der Waals surface area contributed by atoms with Gasteiger partial charge in [0, 0.05) is 29.6 Å². The van der Waals surface area contributed by atoms with Crippen molar-refractivity contribution in [2.75, 3.05) is 25.4 Å². The van der Waals surface area contributed by atoms with Gasteiger partial charge in [-0.3, -0.25) is 0 Å². The molecular formula is C11H22N2O2S2. The Kier molecular flexibility index (Phi) is 4.39. The van der Waals surface area contributed by atoms with Crippen LogP contribution in [0.3, 0.4) is 0 Å². The van der Waals surface area contributed by atoms with Crippen molar-refractivity contribution in [2.24, 2.45) is 0 Å². The molecule has 0 aromatic carbocycles. The zero-order valence-electron chi connectivity index (χ0n) is 10.6. The molecule has 0 bridgehead atoms. The summed E-state index contributed by atoms with van der Waals surface area (Å²) in [5, 5.41) is 4.08. The van der Waals surface area contributed by atoms with Crippen LogP contribution in [0.5, 0.6) is 0 Å². The molecule has 4 nitrogen and oxygen atoms in total. The molecule has 6 heteroatoms. The monoisotopic (exact) mass is 278 g/mol. The van der Waals surface area contributed by atoms with E-state index in [0.29, 0.717) is 23.6 Å². The minimum atomic E-state index is -3.08. The van der Waals surface area contributed by atoms with E-state index in [2.05, 4.69) is 19.2 Å². The lowest BCUT2D eigenvalue weighted by atomic mass is 10.3. The maximum Gasteiger partial charge on any atom is 0.215 e. The van der Waals surface area contributed by atoms with E-state index in [-0.39, 0.29) is 11.8 Å². The third kappa shape index (κ3) is 3.59. The van der Waals surface area contributed by atoms with Crippen LogP contribution in [0.1, 0.15) is 26.7 Å². The predicted molar refractivity (Wildman–Crippen MR) is 72.9 cm³/mol. The summed E-state index contributed by atoms with van der Waals surface area (Å²) in [6.45, 7) is 6.52. The van der Waals surface area contributed by atoms with Crippen molar-refractivity contribution in [3.05, 3.63) is 0 Å². The van der Waals surface area contributed by atoms with Gasteiger partial charge in [-0.25, -0.2) is 8.42 Å². The fourth-order valence-corrected chi connectivity index (χ4v) is 6.04. The van der Waals surface area contributed by atoms with Gasteiger partial charge >= 0.3 is 0 Å². The second-order valence-electron chi connectivity index (χ2n) is 5.15. The molecule has 3 atom stereocenters. The summed E-state index contributed by atoms with van der Waals surface area (Å²) in [6, 6.07) is 0.167. The van der Waals surface area contributed by atoms with Crippen molar-refractivity contribution in [3.63, 3.8) is 0 Å². The first-order chi connectivity index (χ1) is 7.97. The lowest BCUT2D eigenvalue weighted by molar-refractivity contribution is 0.401. The van der Waals surface area contributed by atoms with Gasteiger partial charge in [-0.2, -0.15) is 16.1 Å². The van der Waals surface area contributed by atoms with Crippen LogP contribution in [0.15, 0.2) is 0 Å². The number of thioether (sulfide) groups is 1. The van der Waals surface area contributed by atoms with E-state index in [0.717, 1.165) is 19.4 Å². The first-order valence-electron chi connectivity index (χ1n) is 6.34. The van der Waals surface area contributed by atoms with E-state index in [1.807, 2.05) is 11.8 Å². The van der Waals surface area contributed by atoms with E-state index < -0.39 is 10.0 Å². The van der Waals surface area contributed by atoms with Crippen LogP contribution in [0, 0.1) is 0 Å². The number of hydrogen-bond acceptors (Lipinski definition) is 4. The molecule has 2 rings (SSSR count). The first kappa shape index (κ1) is 13.6. The van der Waals surface area contributed by atoms with Crippen LogP contribution in [-0.4, -0.2) is 54.7 Å². The number of nitrogens with one attached hydrogen (secondary N) is 1. The highest BCUT2D eigenvalue weighted by molar-refractivity contribution is 8.00. The van der Waals surface area contributed by atoms with Crippen LogP contribution in [0.2, 0.25) is 0 Å². The maximum atomic E-state index is 12.3. The van der Waals surface area contributed by atoms with Crippen molar-refractivity contribution in [1.82, 2.24) is 9.62 Å². The molecule has 2 aliphatic heterocycles. The van der Waals surface area contributed by atoms with Crippen LogP contribution < -0.4 is 5.32 Å². The third-order valence-electron chi connectivity index (χ3n) is 3.35. The van der Waals surface area contributed by atoms with Crippen molar-refractivity contribution in [1.29, 1.82) is 0 Å². The third-order valence-corrected chi connectivity index (χ3v) is 6.49. The molecule has 100 valence electrons. The second kappa shape index (κ2) is 5.47. The zero-order chi connectivity index (χ0) is 12.5. The summed E-state index contributed by atoms with van der Waals surface area (Å²) < 4.78 is 26.3. The minimum Gasteiger partial charge on any atom is -0.313 e. The zero-order valence-corrected chi connectivity index (χ0v) is 12.2. The molecule has 2 saturated heterocycles. The predicted octanol–water partition coefficient (Wildman–Crippen LogP) is 0.894. The number of nitrogens with zero attached hydrogens (tertiary/aromatic N) is 1. The molecular weight excluding hydrogens is 256 g/mol. The normalized spacial score (nSPS) is 36.2. The molecule has 1 N–H and O–H groups in total. The highest BCUT2D eigenvalue weighted by Crippen LogP contribution is 2.27. The Hall–Kier alpha value is 0.220. The summed E-state index contributed by atoms with van der Waals surface area (Å²) in [7, 11) is -3.08. The van der Waals surface area contributed by atoms with Crippen molar-refractivity contribution in [2.45, 2.75) is 43.2 Å². The van der Waals surface area contributed by atoms with E-state index in [1.54, 1.807) is 4.31 Å². The average Bonchev–Trinajstić information content (AvgIpc) is 2.68. The van der Waals surface area contributed by atoms with Gasteiger partial charge in [-0.1, -0.05) is 13.8 Å². The largest absolute Gasteiger partial charge is 0.313 e. The molecule has 17 heavy (non-hydrogen) atoms. The molecule has 0 aromatic rings. The highest BCUT2D eigenvalue weighted by Gasteiger charge is 2.33. The maximum absolute atomic E-state index is 12.3. The van der Waals surface area contributed by atoms with E-state index >= 15 is 0 Å². The molecule has 0 radical (unpaired) electrons. The van der Waals surface area contributed by atoms with Gasteiger partial charge in [0.15, 0.2) is 0 Å². The molecule has 2 heterocycles. The average molecular weight is 278 g/mol. The molecule has 0 saturated carbocycles. The van der Waals surface area contributed by atoms with E-state index in [1.165, 1.54) is 0 Å². The minimum absolute atomic E-state index is 0.167. The molecule has 2 aliphatic rings. The molecule has 3 unspecified atom stereocenters. The lowest BCUT2D eigenvalue weighted by Crippen LogP contribution is -2.47. The van der Waals surface area contributed by atoms with Gasteiger partial charge in [-0.15, -0.1) is 0 Å². The highest BCUT2D eigenvalue weighted by atomic mass is 32.2. The Bertz CT molecular complexity index is 342. The Morgan fingerprint density at radius 2 is 1.94 bits per heavy atom. The van der Waals surface area contributed by atoms with Gasteiger partial charge in [0.1, 0.15) is 0 Å². The van der Waals surface area contributed by atoms with Gasteiger partial charge in [0.25, 0.3) is 0 Å². The molecule has 0 aliphatic carbocycles. The van der Waals surface area contributed by atoms with Crippen molar-refractivity contribution in [3.8, 4) is 0 Å². The van der Waals surface area contributed by atoms with Crippen LogP contribution in [0.4, 0.5) is 0 Å². The summed E-state index contributed by atoms with van der Waals surface area (Å²) in [5.74, 6) is 0.275. The Labute approximate surface area is 109 Å². The van der Waals surface area contributed by atoms with Gasteiger partial charge in [0.2, 0.25) is 10.0 Å². The van der Waals surface area contributed by atoms with Gasteiger partial charge in [0.05, 0.1) is 5.75 Å². The van der Waals surface area contributed by atoms with Crippen LogP contribution in [0.25, 0.3) is 0 Å². The summed E-state index contributed by atoms with van der Waals surface area (Å²) in [6.07, 6.45) is 2.09. The number of hydrogen-bond donors (Lipinski definition) is 1. The van der Waals surface area contributed by atoms with Gasteiger partial charge in [-0.05, 0) is 19.4 Å². The van der Waals surface area contributed by atoms with E-state index in [9.17, 15) is 8.42 Å². The molecule has 0 aromatic heterocycles.